The average molecular weight is 776 g/mol. The Labute approximate surface area is 316 Å². The molecule has 4 aliphatic rings. The van der Waals surface area contributed by atoms with Gasteiger partial charge >= 0.3 is 12.2 Å². The maximum absolute atomic E-state index is 14.4. The molecule has 2 amide bonds. The minimum absolute atomic E-state index is 0.00146. The Bertz CT molecular complexity index is 1660. The number of hydrogen-bond acceptors (Lipinski definition) is 12. The molecule has 16 heteroatoms. The zero-order valence-electron chi connectivity index (χ0n) is 31.0. The number of nitrogens with zero attached hydrogens (tertiary/aromatic N) is 1. The molecule has 6 atom stereocenters. The summed E-state index contributed by atoms with van der Waals surface area (Å²) in [5, 5.41) is 17.5. The molecule has 298 valence electrons. The van der Waals surface area contributed by atoms with Gasteiger partial charge in [0.25, 0.3) is 0 Å². The number of aliphatic hydroxyl groups excluding tert-OH is 1. The fraction of sp³-hybridized carbons (Fsp3) is 0.632. The van der Waals surface area contributed by atoms with Crippen molar-refractivity contribution in [3.63, 3.8) is 0 Å². The lowest BCUT2D eigenvalue weighted by Crippen LogP contribution is -2.52. The van der Waals surface area contributed by atoms with E-state index in [1.807, 2.05) is 44.2 Å². The van der Waals surface area contributed by atoms with Crippen molar-refractivity contribution in [1.82, 2.24) is 14.9 Å². The molecule has 0 radical (unpaired) electrons. The molecular formula is C38H53N3O12S. The van der Waals surface area contributed by atoms with Gasteiger partial charge in [-0.1, -0.05) is 57.0 Å². The van der Waals surface area contributed by atoms with Crippen molar-refractivity contribution in [1.29, 1.82) is 0 Å². The number of hydrogen-bond donors (Lipinski definition) is 3. The molecule has 2 aromatic rings. The highest BCUT2D eigenvalue weighted by atomic mass is 32.2. The first kappa shape index (κ1) is 40.0. The third-order valence-electron chi connectivity index (χ3n) is 10.2. The largest absolute Gasteiger partial charge is 0.454 e. The molecule has 3 fully saturated rings. The topological polar surface area (TPSA) is 180 Å². The molecule has 0 aliphatic carbocycles. The number of sulfonamides is 1. The zero-order valence-corrected chi connectivity index (χ0v) is 31.8. The van der Waals surface area contributed by atoms with Gasteiger partial charge < -0.3 is 48.9 Å². The van der Waals surface area contributed by atoms with Crippen LogP contribution in [-0.2, 0) is 40.1 Å². The Morgan fingerprint density at radius 3 is 2.57 bits per heavy atom. The lowest BCUT2D eigenvalue weighted by atomic mass is 9.86. The number of fused-ring (bicyclic) bond motifs is 2. The summed E-state index contributed by atoms with van der Waals surface area (Å²) in [6, 6.07) is 12.9. The first-order chi connectivity index (χ1) is 26.0. The van der Waals surface area contributed by atoms with Crippen LogP contribution in [0.25, 0.3) is 0 Å². The Kier molecular flexibility index (Phi) is 13.6. The number of carbonyl (C=O) groups is 2. The molecule has 0 spiro atoms. The molecule has 0 unspecified atom stereocenters. The first-order valence-corrected chi connectivity index (χ1v) is 20.3. The highest BCUT2D eigenvalue weighted by molar-refractivity contribution is 7.89. The van der Waals surface area contributed by atoms with E-state index in [4.69, 9.17) is 33.2 Å². The summed E-state index contributed by atoms with van der Waals surface area (Å²) in [4.78, 5) is 25.4. The van der Waals surface area contributed by atoms with Crippen LogP contribution in [0.4, 0.5) is 9.59 Å². The second-order valence-electron chi connectivity index (χ2n) is 15.1. The van der Waals surface area contributed by atoms with Gasteiger partial charge in [0.15, 0.2) is 17.8 Å². The number of carbonyl (C=O) groups excluding carboxylic acids is 2. The van der Waals surface area contributed by atoms with E-state index in [1.54, 1.807) is 6.07 Å². The van der Waals surface area contributed by atoms with E-state index in [0.29, 0.717) is 57.1 Å². The van der Waals surface area contributed by atoms with Gasteiger partial charge in [-0.05, 0) is 48.8 Å². The van der Waals surface area contributed by atoms with E-state index in [9.17, 15) is 23.1 Å². The van der Waals surface area contributed by atoms with Crippen LogP contribution in [0.5, 0.6) is 11.5 Å². The molecular weight excluding hydrogens is 722 g/mol. The van der Waals surface area contributed by atoms with Crippen molar-refractivity contribution in [2.45, 2.75) is 94.3 Å². The highest BCUT2D eigenvalue weighted by Crippen LogP contribution is 2.36. The van der Waals surface area contributed by atoms with Gasteiger partial charge in [-0.3, -0.25) is 0 Å². The van der Waals surface area contributed by atoms with Crippen molar-refractivity contribution in [3.05, 3.63) is 54.1 Å². The molecule has 0 bridgehead atoms. The van der Waals surface area contributed by atoms with Crippen LogP contribution in [0, 0.1) is 11.3 Å². The summed E-state index contributed by atoms with van der Waals surface area (Å²) in [6.07, 6.45) is 1.03. The molecule has 0 saturated carbocycles. The number of unbranched alkanes of at least 4 members (excludes halogenated alkanes) is 2. The highest BCUT2D eigenvalue weighted by Gasteiger charge is 2.44. The van der Waals surface area contributed by atoms with Crippen LogP contribution in [-0.4, -0.2) is 114 Å². The lowest BCUT2D eigenvalue weighted by molar-refractivity contribution is -0.0907. The summed E-state index contributed by atoms with van der Waals surface area (Å²) in [6.45, 7) is 5.96. The SMILES string of the molecule is CC(C)(CCCCCNC(=O)O[C@@H]1CCOC1)CN(C[C@@H](O)[C@H](Cc1ccccc1)NC(=O)O[C@H]1CO[C@H]2OCC[C@H]21)S(=O)(=O)c1ccc2c(c1)OCO2. The summed E-state index contributed by atoms with van der Waals surface area (Å²) in [7, 11) is -4.18. The monoisotopic (exact) mass is 775 g/mol. The summed E-state index contributed by atoms with van der Waals surface area (Å²) < 4.78 is 68.5. The van der Waals surface area contributed by atoms with Crippen LogP contribution in [0.3, 0.4) is 0 Å². The van der Waals surface area contributed by atoms with Crippen LogP contribution < -0.4 is 20.1 Å². The second-order valence-corrected chi connectivity index (χ2v) is 17.0. The first-order valence-electron chi connectivity index (χ1n) is 18.8. The number of amides is 2. The minimum Gasteiger partial charge on any atom is -0.454 e. The second kappa shape index (κ2) is 18.3. The van der Waals surface area contributed by atoms with Crippen LogP contribution >= 0.6 is 0 Å². The maximum atomic E-state index is 14.4. The number of ether oxygens (including phenoxy) is 7. The number of aliphatic hydroxyl groups is 1. The van der Waals surface area contributed by atoms with E-state index in [1.165, 1.54) is 16.4 Å². The van der Waals surface area contributed by atoms with Crippen molar-refractivity contribution < 1.29 is 56.3 Å². The van der Waals surface area contributed by atoms with E-state index >= 15 is 0 Å². The van der Waals surface area contributed by atoms with Gasteiger partial charge in [0.2, 0.25) is 16.8 Å². The minimum atomic E-state index is -4.18. The van der Waals surface area contributed by atoms with E-state index in [2.05, 4.69) is 10.6 Å². The molecule has 54 heavy (non-hydrogen) atoms. The van der Waals surface area contributed by atoms with Crippen molar-refractivity contribution in [3.8, 4) is 11.5 Å². The van der Waals surface area contributed by atoms with Gasteiger partial charge in [0.05, 0.1) is 49.4 Å². The number of alkyl carbamates (subject to hydrolysis) is 2. The van der Waals surface area contributed by atoms with Crippen molar-refractivity contribution >= 4 is 22.2 Å². The number of nitrogens with one attached hydrogen (secondary N) is 2. The van der Waals surface area contributed by atoms with Gasteiger partial charge in [-0.25, -0.2) is 18.0 Å². The number of benzene rings is 2. The van der Waals surface area contributed by atoms with E-state index in [0.717, 1.165) is 24.8 Å². The third kappa shape index (κ3) is 10.8. The normalized spacial score (nSPS) is 23.2. The van der Waals surface area contributed by atoms with Gasteiger partial charge in [-0.15, -0.1) is 0 Å². The summed E-state index contributed by atoms with van der Waals surface area (Å²) in [5.74, 6) is 0.703. The molecule has 4 aliphatic heterocycles. The molecule has 2 aromatic carbocycles. The quantitative estimate of drug-likeness (QED) is 0.186. The molecule has 6 rings (SSSR count). The predicted molar refractivity (Wildman–Crippen MR) is 194 cm³/mol. The molecule has 0 aromatic heterocycles. The van der Waals surface area contributed by atoms with Gasteiger partial charge in [0, 0.05) is 32.1 Å². The molecule has 4 heterocycles. The Morgan fingerprint density at radius 1 is 0.963 bits per heavy atom. The van der Waals surface area contributed by atoms with Crippen LogP contribution in [0.1, 0.15) is 57.9 Å². The predicted octanol–water partition coefficient (Wildman–Crippen LogP) is 3.97. The average Bonchev–Trinajstić information content (AvgIpc) is 3.97. The molecule has 3 N–H and O–H groups in total. The fourth-order valence-corrected chi connectivity index (χ4v) is 8.91. The lowest BCUT2D eigenvalue weighted by Gasteiger charge is -2.35. The zero-order chi connectivity index (χ0) is 38.1. The smallest absolute Gasteiger partial charge is 0.407 e. The van der Waals surface area contributed by atoms with Crippen molar-refractivity contribution in [2.75, 3.05) is 52.9 Å². The van der Waals surface area contributed by atoms with Crippen LogP contribution in [0.15, 0.2) is 53.4 Å². The van der Waals surface area contributed by atoms with Gasteiger partial charge in [-0.2, -0.15) is 4.31 Å². The maximum Gasteiger partial charge on any atom is 0.407 e. The van der Waals surface area contributed by atoms with E-state index < -0.39 is 52.2 Å². The third-order valence-corrected chi connectivity index (χ3v) is 12.1. The molecule has 15 nitrogen and oxygen atoms in total. The Morgan fingerprint density at radius 2 is 1.78 bits per heavy atom. The number of rotatable bonds is 18. The summed E-state index contributed by atoms with van der Waals surface area (Å²) in [5.41, 5.74) is 0.331. The standard InChI is InChI=1S/C38H53N3O12S/c1-38(2,15-7-4-8-16-39-36(43)52-27-13-17-47-22-27)24-41(54(45,46)28-11-12-32-33(20-28)51-25-50-32)21-31(42)30(19-26-9-5-3-6-10-26)40-37(44)53-34-23-49-35-29(34)14-18-48-35/h3,5-6,9-12,20,27,29-31,34-35,42H,4,7-8,13-19,21-25H2,1-2H3,(H,39,43)(H,40,44)/t27-,29+,30+,31-,34+,35-/m1/s1. The summed E-state index contributed by atoms with van der Waals surface area (Å²) >= 11 is 0. The molecule has 3 saturated heterocycles. The fourth-order valence-electron chi connectivity index (χ4n) is 7.24. The Hall–Kier alpha value is -3.67. The van der Waals surface area contributed by atoms with Gasteiger partial charge in [0.1, 0.15) is 12.2 Å². The van der Waals surface area contributed by atoms with E-state index in [-0.39, 0.29) is 49.8 Å². The van der Waals surface area contributed by atoms with Crippen LogP contribution in [0.2, 0.25) is 0 Å². The Balaban J connectivity index is 1.12. The van der Waals surface area contributed by atoms with Crippen molar-refractivity contribution in [2.24, 2.45) is 11.3 Å².